The van der Waals surface area contributed by atoms with E-state index in [1.54, 1.807) is 11.8 Å². The highest BCUT2D eigenvalue weighted by Crippen LogP contribution is 2.44. The van der Waals surface area contributed by atoms with Gasteiger partial charge < -0.3 is 19.7 Å². The molecule has 1 saturated heterocycles. The van der Waals surface area contributed by atoms with Gasteiger partial charge >= 0.3 is 6.09 Å². The Morgan fingerprint density at radius 3 is 2.53 bits per heavy atom. The number of hydrogen-bond donors (Lipinski definition) is 2. The van der Waals surface area contributed by atoms with Crippen molar-refractivity contribution in [2.45, 2.75) is 75.2 Å². The number of alkyl carbamates (subject to hydrolysis) is 1. The molecule has 36 heavy (non-hydrogen) atoms. The van der Waals surface area contributed by atoms with Crippen molar-refractivity contribution in [3.63, 3.8) is 0 Å². The molecule has 2 N–H and O–H groups in total. The largest absolute Gasteiger partial charge is 0.444 e. The lowest BCUT2D eigenvalue weighted by atomic mass is 9.88. The molecule has 4 rings (SSSR count). The molecule has 8 heteroatoms. The summed E-state index contributed by atoms with van der Waals surface area (Å²) >= 11 is 1.78. The Morgan fingerprint density at radius 1 is 1.14 bits per heavy atom. The van der Waals surface area contributed by atoms with Gasteiger partial charge in [-0.05, 0) is 87.5 Å². The number of amides is 2. The van der Waals surface area contributed by atoms with Crippen molar-refractivity contribution in [2.75, 3.05) is 18.8 Å². The van der Waals surface area contributed by atoms with Gasteiger partial charge in [-0.3, -0.25) is 4.79 Å². The molecule has 0 radical (unpaired) electrons. The lowest BCUT2D eigenvalue weighted by Gasteiger charge is -2.32. The van der Waals surface area contributed by atoms with Crippen LogP contribution in [0.5, 0.6) is 0 Å². The molecule has 194 valence electrons. The highest BCUT2D eigenvalue weighted by atomic mass is 32.2. The molecule has 0 aromatic heterocycles. The van der Waals surface area contributed by atoms with E-state index in [2.05, 4.69) is 23.5 Å². The molecule has 6 nitrogen and oxygen atoms in total. The summed E-state index contributed by atoms with van der Waals surface area (Å²) in [5.74, 6) is 1.37. The third-order valence-corrected chi connectivity index (χ3v) is 10.6. The fourth-order valence-corrected chi connectivity index (χ4v) is 9.02. The quantitative estimate of drug-likeness (QED) is 0.492. The van der Waals surface area contributed by atoms with E-state index in [-0.39, 0.29) is 11.4 Å². The van der Waals surface area contributed by atoms with Crippen LogP contribution in [0.3, 0.4) is 0 Å². The molecule has 0 spiro atoms. The number of carbonyl (C=O) groups is 2. The first kappa shape index (κ1) is 26.8. The molecule has 2 aromatic rings. The zero-order chi connectivity index (χ0) is 26.1. The minimum Gasteiger partial charge on any atom is -0.444 e. The summed E-state index contributed by atoms with van der Waals surface area (Å²) in [5.41, 5.74) is 3.82. The monoisotopic (exact) mass is 526 g/mol. The molecule has 0 bridgehead atoms. The van der Waals surface area contributed by atoms with Crippen molar-refractivity contribution in [3.05, 3.63) is 64.7 Å². The fraction of sp³-hybridized carbons (Fsp3) is 0.500. The molecule has 2 aliphatic heterocycles. The smallest absolute Gasteiger partial charge is 0.407 e. The second kappa shape index (κ2) is 10.6. The Kier molecular flexibility index (Phi) is 7.88. The molecule has 2 amide bonds. The summed E-state index contributed by atoms with van der Waals surface area (Å²) in [5, 5.41) is 2.83. The van der Waals surface area contributed by atoms with E-state index in [4.69, 9.17) is 4.74 Å². The van der Waals surface area contributed by atoms with Gasteiger partial charge in [-0.1, -0.05) is 24.3 Å². The fourth-order valence-electron chi connectivity index (χ4n) is 4.98. The van der Waals surface area contributed by atoms with E-state index in [1.807, 2.05) is 63.0 Å². The van der Waals surface area contributed by atoms with E-state index < -0.39 is 20.0 Å². The maximum atomic E-state index is 13.3. The number of carbonyl (C=O) groups excluding carboxylic acids is 2. The van der Waals surface area contributed by atoms with E-state index in [1.165, 1.54) is 10.5 Å². The van der Waals surface area contributed by atoms with Crippen molar-refractivity contribution >= 4 is 32.1 Å². The average molecular weight is 527 g/mol. The molecular weight excluding hydrogens is 488 g/mol. The predicted molar refractivity (Wildman–Crippen MR) is 147 cm³/mol. The Morgan fingerprint density at radius 2 is 1.86 bits per heavy atom. The van der Waals surface area contributed by atoms with Crippen molar-refractivity contribution in [1.29, 1.82) is 0 Å². The number of benzene rings is 2. The van der Waals surface area contributed by atoms with Crippen LogP contribution in [0.25, 0.3) is 0 Å². The number of ether oxygens (including phenoxy) is 1. The molecule has 2 heterocycles. The molecule has 1 fully saturated rings. The molecule has 2 aromatic carbocycles. The van der Waals surface area contributed by atoms with Gasteiger partial charge in [0.05, 0.1) is 0 Å². The first-order valence-electron chi connectivity index (χ1n) is 12.7. The summed E-state index contributed by atoms with van der Waals surface area (Å²) in [7, 11) is -2.32. The topological polar surface area (TPSA) is 78.9 Å². The van der Waals surface area contributed by atoms with Crippen molar-refractivity contribution in [2.24, 2.45) is 0 Å². The van der Waals surface area contributed by atoms with Crippen LogP contribution in [0, 0.1) is 0 Å². The zero-order valence-electron chi connectivity index (χ0n) is 22.0. The number of rotatable bonds is 5. The van der Waals surface area contributed by atoms with Crippen LogP contribution < -0.4 is 5.32 Å². The van der Waals surface area contributed by atoms with Gasteiger partial charge in [0.1, 0.15) is 5.60 Å². The van der Waals surface area contributed by atoms with Gasteiger partial charge in [-0.15, -0.1) is 11.8 Å². The lowest BCUT2D eigenvalue weighted by molar-refractivity contribution is 0.0523. The minimum atomic E-state index is -2.32. The summed E-state index contributed by atoms with van der Waals surface area (Å²) in [6.07, 6.45) is 1.41. The Labute approximate surface area is 219 Å². The van der Waals surface area contributed by atoms with Crippen molar-refractivity contribution in [1.82, 2.24) is 10.2 Å². The highest BCUT2D eigenvalue weighted by Gasteiger charge is 2.37. The first-order chi connectivity index (χ1) is 16.9. The Bertz CT molecular complexity index is 1120. The van der Waals surface area contributed by atoms with Gasteiger partial charge in [0, 0.05) is 41.4 Å². The van der Waals surface area contributed by atoms with Crippen LogP contribution in [-0.2, 0) is 11.3 Å². The van der Waals surface area contributed by atoms with E-state index in [0.717, 1.165) is 48.4 Å². The van der Waals surface area contributed by atoms with Crippen LogP contribution >= 0.6 is 11.8 Å². The van der Waals surface area contributed by atoms with Crippen LogP contribution in [0.15, 0.2) is 47.4 Å². The first-order valence-corrected chi connectivity index (χ1v) is 16.8. The number of likely N-dealkylation sites (tertiary alicyclic amines) is 1. The van der Waals surface area contributed by atoms with Gasteiger partial charge in [0.2, 0.25) is 0 Å². The third kappa shape index (κ3) is 6.52. The normalized spacial score (nSPS) is 18.6. The minimum absolute atomic E-state index is 0.0830. The van der Waals surface area contributed by atoms with Crippen LogP contribution in [0.1, 0.15) is 72.1 Å². The molecule has 2 aliphatic rings. The molecule has 1 unspecified atom stereocenters. The van der Waals surface area contributed by atoms with Gasteiger partial charge in [-0.25, -0.2) is 4.79 Å². The predicted octanol–water partition coefficient (Wildman–Crippen LogP) is 5.66. The van der Waals surface area contributed by atoms with Crippen LogP contribution in [0.4, 0.5) is 4.79 Å². The average Bonchev–Trinajstić information content (AvgIpc) is 3.25. The van der Waals surface area contributed by atoms with Gasteiger partial charge in [0.25, 0.3) is 5.91 Å². The Balaban J connectivity index is 1.35. The number of thioether (sulfide) groups is 1. The number of nitrogens with one attached hydrogen (secondary N) is 1. The van der Waals surface area contributed by atoms with E-state index in [9.17, 15) is 14.4 Å². The van der Waals surface area contributed by atoms with Gasteiger partial charge in [0.15, 0.2) is 8.32 Å². The van der Waals surface area contributed by atoms with Crippen molar-refractivity contribution in [3.8, 4) is 0 Å². The molecular formula is C28H38N2O4SSi. The Hall–Kier alpha value is -2.29. The van der Waals surface area contributed by atoms with Crippen molar-refractivity contribution < 1.29 is 19.1 Å². The summed E-state index contributed by atoms with van der Waals surface area (Å²) in [6.45, 7) is 11.4. The number of nitrogens with zero attached hydrogens (tertiary/aromatic N) is 1. The summed E-state index contributed by atoms with van der Waals surface area (Å²) < 4.78 is 5.32. The van der Waals surface area contributed by atoms with Crippen LogP contribution in [-0.4, -0.2) is 54.5 Å². The highest BCUT2D eigenvalue weighted by molar-refractivity contribution is 7.99. The van der Waals surface area contributed by atoms with Gasteiger partial charge in [-0.2, -0.15) is 0 Å². The maximum Gasteiger partial charge on any atom is 0.407 e. The second-order valence-electron chi connectivity index (χ2n) is 11.4. The molecule has 0 aliphatic carbocycles. The number of piperidine rings is 1. The molecule has 0 saturated carbocycles. The summed E-state index contributed by atoms with van der Waals surface area (Å²) in [4.78, 5) is 39.2. The third-order valence-electron chi connectivity index (χ3n) is 6.93. The number of hydrogen-bond acceptors (Lipinski definition) is 5. The van der Waals surface area contributed by atoms with E-state index >= 15 is 0 Å². The molecule has 1 atom stereocenters. The van der Waals surface area contributed by atoms with E-state index in [0.29, 0.717) is 12.5 Å². The second-order valence-corrected chi connectivity index (χ2v) is 16.5. The van der Waals surface area contributed by atoms with Crippen LogP contribution in [0.2, 0.25) is 13.1 Å². The maximum absolute atomic E-state index is 13.3. The zero-order valence-corrected chi connectivity index (χ0v) is 23.8. The SMILES string of the molecule is CC(C)(C)OC(=O)NCc1cccc(C2CCN(C(=O)c3ccc4c(c3)C([Si](C)(C)O)CS4)CC2)c1. The lowest BCUT2D eigenvalue weighted by Crippen LogP contribution is -2.38. The standard InChI is InChI=1S/C28H38N2O4SSi/c1-28(2,3)34-27(32)29-17-19-7-6-8-21(15-19)20-11-13-30(14-12-20)26(31)22-9-10-24-23(16-22)25(18-35-24)36(4,5)33/h6-10,15-16,20,25,33H,11-14,17-18H2,1-5H3,(H,29,32). The summed E-state index contributed by atoms with van der Waals surface area (Å²) in [6, 6.07) is 14.4. The number of fused-ring (bicyclic) bond motifs is 1.